The van der Waals surface area contributed by atoms with Crippen LogP contribution in [0.15, 0.2) is 0 Å². The largest absolute Gasteiger partial charge is 0.319 e. The Morgan fingerprint density at radius 3 is 2.53 bits per heavy atom. The minimum atomic E-state index is -3.09. The summed E-state index contributed by atoms with van der Waals surface area (Å²) in [6.45, 7) is 2.64. The van der Waals surface area contributed by atoms with E-state index in [1.165, 1.54) is 6.42 Å². The lowest BCUT2D eigenvalue weighted by atomic mass is 9.87. The third-order valence-electron chi connectivity index (χ3n) is 3.06. The van der Waals surface area contributed by atoms with Gasteiger partial charge in [-0.15, -0.1) is 0 Å². The molecule has 0 heterocycles. The molecule has 2 N–H and O–H groups in total. The Balaban J connectivity index is 2.44. The molecule has 1 aliphatic carbocycles. The van der Waals surface area contributed by atoms with Gasteiger partial charge in [-0.05, 0) is 25.8 Å². The average Bonchev–Trinajstić information content (AvgIpc) is 2.18. The first-order valence-corrected chi connectivity index (χ1v) is 7.35. The summed E-state index contributed by atoms with van der Waals surface area (Å²) in [5.41, 5.74) is 0. The maximum Gasteiger partial charge on any atom is 0.213 e. The molecule has 2 unspecified atom stereocenters. The highest BCUT2D eigenvalue weighted by Crippen LogP contribution is 2.24. The van der Waals surface area contributed by atoms with Gasteiger partial charge in [0, 0.05) is 12.6 Å². The second-order valence-corrected chi connectivity index (χ2v) is 6.28. The van der Waals surface area contributed by atoms with Crippen LogP contribution in [0.25, 0.3) is 0 Å². The monoisotopic (exact) mass is 234 g/mol. The van der Waals surface area contributed by atoms with E-state index in [2.05, 4.69) is 17.0 Å². The van der Waals surface area contributed by atoms with Gasteiger partial charge in [-0.2, -0.15) is 0 Å². The summed E-state index contributed by atoms with van der Waals surface area (Å²) in [7, 11) is -1.33. The van der Waals surface area contributed by atoms with Crippen LogP contribution in [0, 0.1) is 5.92 Å². The summed E-state index contributed by atoms with van der Waals surface area (Å²) in [4.78, 5) is 0. The van der Waals surface area contributed by atoms with Gasteiger partial charge in [-0.1, -0.05) is 19.8 Å². The van der Waals surface area contributed by atoms with Gasteiger partial charge in [-0.3, -0.25) is 0 Å². The zero-order valence-electron chi connectivity index (χ0n) is 9.62. The van der Waals surface area contributed by atoms with E-state index in [0.717, 1.165) is 19.3 Å². The van der Waals surface area contributed by atoms with E-state index >= 15 is 0 Å². The third kappa shape index (κ3) is 4.49. The van der Waals surface area contributed by atoms with Crippen LogP contribution in [0.5, 0.6) is 0 Å². The highest BCUT2D eigenvalue weighted by atomic mass is 32.2. The molecule has 0 aliphatic heterocycles. The number of hydrogen-bond donors (Lipinski definition) is 2. The van der Waals surface area contributed by atoms with E-state index in [9.17, 15) is 8.42 Å². The van der Waals surface area contributed by atoms with Gasteiger partial charge in [0.1, 0.15) is 0 Å². The zero-order chi connectivity index (χ0) is 11.3. The average molecular weight is 234 g/mol. The molecule has 90 valence electrons. The summed E-state index contributed by atoms with van der Waals surface area (Å²) in [6.07, 6.45) is 4.50. The van der Waals surface area contributed by atoms with Crippen LogP contribution in [0.1, 0.15) is 32.6 Å². The topological polar surface area (TPSA) is 58.2 Å². The Bertz CT molecular complexity index is 277. The second kappa shape index (κ2) is 5.82. The minimum absolute atomic E-state index is 0.153. The number of hydrogen-bond acceptors (Lipinski definition) is 3. The Hall–Kier alpha value is -0.130. The van der Waals surface area contributed by atoms with Crippen molar-refractivity contribution >= 4 is 10.0 Å². The molecule has 1 rings (SSSR count). The van der Waals surface area contributed by atoms with E-state index in [4.69, 9.17) is 0 Å². The van der Waals surface area contributed by atoms with Crippen LogP contribution in [0.3, 0.4) is 0 Å². The molecule has 0 amide bonds. The quantitative estimate of drug-likeness (QED) is 0.736. The predicted molar refractivity (Wildman–Crippen MR) is 62.3 cm³/mol. The van der Waals surface area contributed by atoms with Gasteiger partial charge in [0.05, 0.1) is 5.75 Å². The molecule has 4 nitrogen and oxygen atoms in total. The van der Waals surface area contributed by atoms with Gasteiger partial charge in [0.25, 0.3) is 0 Å². The molecule has 1 fully saturated rings. The van der Waals surface area contributed by atoms with E-state index in [0.29, 0.717) is 12.5 Å². The van der Waals surface area contributed by atoms with Crippen LogP contribution < -0.4 is 10.0 Å². The molecule has 0 saturated heterocycles. The van der Waals surface area contributed by atoms with E-state index in [-0.39, 0.29) is 11.8 Å². The number of rotatable bonds is 5. The summed E-state index contributed by atoms with van der Waals surface area (Å²) >= 11 is 0. The molecule has 5 heteroatoms. The van der Waals surface area contributed by atoms with E-state index in [1.807, 2.05) is 0 Å². The van der Waals surface area contributed by atoms with Crippen LogP contribution in [-0.2, 0) is 10.0 Å². The smallest absolute Gasteiger partial charge is 0.213 e. The fraction of sp³-hybridized carbons (Fsp3) is 1.00. The first-order valence-electron chi connectivity index (χ1n) is 5.70. The Kier molecular flexibility index (Phi) is 5.02. The fourth-order valence-electron chi connectivity index (χ4n) is 2.02. The molecule has 1 aliphatic rings. The molecule has 15 heavy (non-hydrogen) atoms. The molecule has 0 bridgehead atoms. The summed E-state index contributed by atoms with van der Waals surface area (Å²) < 4.78 is 26.1. The molecule has 0 aromatic carbocycles. The first kappa shape index (κ1) is 12.9. The van der Waals surface area contributed by atoms with Gasteiger partial charge in [0.2, 0.25) is 10.0 Å². The van der Waals surface area contributed by atoms with Crippen molar-refractivity contribution in [1.82, 2.24) is 10.0 Å². The summed E-state index contributed by atoms with van der Waals surface area (Å²) in [6, 6.07) is 0.153. The van der Waals surface area contributed by atoms with Crippen LogP contribution in [-0.4, -0.2) is 33.8 Å². The molecule has 1 saturated carbocycles. The minimum Gasteiger partial charge on any atom is -0.319 e. The lowest BCUT2D eigenvalue weighted by Gasteiger charge is -2.29. The predicted octanol–water partition coefficient (Wildman–Crippen LogP) is 0.704. The number of sulfonamides is 1. The standard InChI is InChI=1S/C10H22N2O2S/c1-9-5-3-4-6-10(9)12-15(13,14)8-7-11-2/h9-12H,3-8H2,1-2H3. The normalized spacial score (nSPS) is 27.9. The van der Waals surface area contributed by atoms with Crippen molar-refractivity contribution in [2.45, 2.75) is 38.6 Å². The Labute approximate surface area is 92.9 Å². The first-order chi connectivity index (χ1) is 7.05. The van der Waals surface area contributed by atoms with Crippen molar-refractivity contribution < 1.29 is 8.42 Å². The molecule has 0 radical (unpaired) electrons. The molecular weight excluding hydrogens is 212 g/mol. The Morgan fingerprint density at radius 2 is 1.93 bits per heavy atom. The van der Waals surface area contributed by atoms with Crippen LogP contribution >= 0.6 is 0 Å². The zero-order valence-corrected chi connectivity index (χ0v) is 10.4. The van der Waals surface area contributed by atoms with E-state index < -0.39 is 10.0 Å². The second-order valence-electron chi connectivity index (χ2n) is 4.41. The van der Waals surface area contributed by atoms with Gasteiger partial charge >= 0.3 is 0 Å². The lowest BCUT2D eigenvalue weighted by Crippen LogP contribution is -2.43. The van der Waals surface area contributed by atoms with Crippen molar-refractivity contribution in [2.75, 3.05) is 19.3 Å². The third-order valence-corrected chi connectivity index (χ3v) is 4.47. The van der Waals surface area contributed by atoms with Gasteiger partial charge in [-0.25, -0.2) is 13.1 Å². The van der Waals surface area contributed by atoms with Gasteiger partial charge < -0.3 is 5.32 Å². The van der Waals surface area contributed by atoms with Crippen molar-refractivity contribution in [3.63, 3.8) is 0 Å². The molecule has 2 atom stereocenters. The SMILES string of the molecule is CNCCS(=O)(=O)NC1CCCCC1C. The number of nitrogens with one attached hydrogen (secondary N) is 2. The molecule has 0 aromatic heterocycles. The summed E-state index contributed by atoms with van der Waals surface area (Å²) in [5.74, 6) is 0.648. The Morgan fingerprint density at radius 1 is 1.27 bits per heavy atom. The van der Waals surface area contributed by atoms with Crippen molar-refractivity contribution in [3.05, 3.63) is 0 Å². The van der Waals surface area contributed by atoms with Crippen molar-refractivity contribution in [3.8, 4) is 0 Å². The maximum absolute atomic E-state index is 11.7. The van der Waals surface area contributed by atoms with Crippen molar-refractivity contribution in [1.29, 1.82) is 0 Å². The molecule has 0 aromatic rings. The van der Waals surface area contributed by atoms with Crippen LogP contribution in [0.2, 0.25) is 0 Å². The molecule has 0 spiro atoms. The highest BCUT2D eigenvalue weighted by molar-refractivity contribution is 7.89. The van der Waals surface area contributed by atoms with Crippen molar-refractivity contribution in [2.24, 2.45) is 5.92 Å². The summed E-state index contributed by atoms with van der Waals surface area (Å²) in [5, 5.41) is 2.85. The van der Waals surface area contributed by atoms with E-state index in [1.54, 1.807) is 7.05 Å². The van der Waals surface area contributed by atoms with Crippen LogP contribution in [0.4, 0.5) is 0 Å². The molecular formula is C10H22N2O2S. The lowest BCUT2D eigenvalue weighted by molar-refractivity contribution is 0.310. The van der Waals surface area contributed by atoms with Gasteiger partial charge in [0.15, 0.2) is 0 Å². The maximum atomic E-state index is 11.7. The highest BCUT2D eigenvalue weighted by Gasteiger charge is 2.25. The fourth-order valence-corrected chi connectivity index (χ4v) is 3.42.